The average Bonchev–Trinajstić information content (AvgIpc) is 1.61. The summed E-state index contributed by atoms with van der Waals surface area (Å²) in [4.78, 5) is 0. The molecular formula is C4H7NO. The standard InChI is InChI=1S/C4H7NO/c1-2-3-6-4-5/h2-3H2,1H3. The fourth-order valence-corrected chi connectivity index (χ4v) is 0.148. The highest BCUT2D eigenvalue weighted by Crippen LogP contribution is 1.73. The van der Waals surface area contributed by atoms with Gasteiger partial charge in [-0.2, -0.15) is 5.26 Å². The highest BCUT2D eigenvalue weighted by atomic mass is 16.5. The molecule has 0 aliphatic heterocycles. The third-order valence-electron chi connectivity index (χ3n) is 0.371. The molecule has 2 nitrogen and oxygen atoms in total. The van der Waals surface area contributed by atoms with Crippen LogP contribution in [0.3, 0.4) is 0 Å². The molecule has 0 saturated carbocycles. The molecule has 0 radical (unpaired) electrons. The van der Waals surface area contributed by atoms with Crippen molar-refractivity contribution in [3.8, 4) is 6.26 Å². The highest BCUT2D eigenvalue weighted by molar-refractivity contribution is 4.44. The number of rotatable bonds is 2. The first kappa shape index (κ1) is 5.29. The molecular weight excluding hydrogens is 78.1 g/mol. The SMILES string of the molecule is CCCOC#N. The minimum atomic E-state index is 0.552. The van der Waals surface area contributed by atoms with E-state index in [2.05, 4.69) is 4.74 Å². The summed E-state index contributed by atoms with van der Waals surface area (Å²) >= 11 is 0. The molecule has 0 aromatic rings. The molecule has 6 heavy (non-hydrogen) atoms. The largest absolute Gasteiger partial charge is 0.428 e. The lowest BCUT2D eigenvalue weighted by Gasteiger charge is -1.83. The van der Waals surface area contributed by atoms with Crippen molar-refractivity contribution in [3.05, 3.63) is 0 Å². The first-order chi connectivity index (χ1) is 2.91. The van der Waals surface area contributed by atoms with Gasteiger partial charge in [-0.05, 0) is 6.42 Å². The Morgan fingerprint density at radius 3 is 2.67 bits per heavy atom. The Hall–Kier alpha value is -0.710. The Labute approximate surface area is 37.3 Å². The predicted molar refractivity (Wildman–Crippen MR) is 21.9 cm³/mol. The van der Waals surface area contributed by atoms with Crippen LogP contribution in [0, 0.1) is 11.5 Å². The lowest BCUT2D eigenvalue weighted by Crippen LogP contribution is -1.80. The van der Waals surface area contributed by atoms with E-state index in [4.69, 9.17) is 5.26 Å². The minimum Gasteiger partial charge on any atom is -0.428 e. The fraction of sp³-hybridized carbons (Fsp3) is 0.750. The predicted octanol–water partition coefficient (Wildman–Crippen LogP) is 0.894. The second-order valence-corrected chi connectivity index (χ2v) is 0.940. The van der Waals surface area contributed by atoms with E-state index in [1.54, 1.807) is 6.26 Å². The first-order valence-electron chi connectivity index (χ1n) is 1.92. The van der Waals surface area contributed by atoms with Crippen molar-refractivity contribution in [3.63, 3.8) is 0 Å². The minimum absolute atomic E-state index is 0.552. The topological polar surface area (TPSA) is 33.0 Å². The number of nitrogens with zero attached hydrogens (tertiary/aromatic N) is 1. The van der Waals surface area contributed by atoms with E-state index in [9.17, 15) is 0 Å². The van der Waals surface area contributed by atoms with Gasteiger partial charge in [0, 0.05) is 0 Å². The van der Waals surface area contributed by atoms with Crippen LogP contribution in [0.1, 0.15) is 13.3 Å². The summed E-state index contributed by atoms with van der Waals surface area (Å²) < 4.78 is 4.29. The molecule has 0 aromatic carbocycles. The van der Waals surface area contributed by atoms with Crippen LogP contribution in [0.5, 0.6) is 0 Å². The number of ether oxygens (including phenoxy) is 1. The molecule has 0 heterocycles. The van der Waals surface area contributed by atoms with E-state index in [0.717, 1.165) is 6.42 Å². The summed E-state index contributed by atoms with van der Waals surface area (Å²) in [6.45, 7) is 2.51. The Morgan fingerprint density at radius 1 is 1.83 bits per heavy atom. The highest BCUT2D eigenvalue weighted by Gasteiger charge is 1.71. The van der Waals surface area contributed by atoms with Gasteiger partial charge in [-0.15, -0.1) is 0 Å². The molecule has 2 heteroatoms. The third kappa shape index (κ3) is 3.29. The summed E-state index contributed by atoms with van der Waals surface area (Å²) in [5.74, 6) is 0. The van der Waals surface area contributed by atoms with Gasteiger partial charge in [0.15, 0.2) is 0 Å². The molecule has 0 rings (SSSR count). The molecule has 0 aliphatic rings. The summed E-state index contributed by atoms with van der Waals surface area (Å²) in [6.07, 6.45) is 2.48. The van der Waals surface area contributed by atoms with Gasteiger partial charge in [0.05, 0.1) is 0 Å². The van der Waals surface area contributed by atoms with Crippen LogP contribution >= 0.6 is 0 Å². The average molecular weight is 85.1 g/mol. The van der Waals surface area contributed by atoms with Crippen LogP contribution in [-0.2, 0) is 4.74 Å². The van der Waals surface area contributed by atoms with Crippen LogP contribution in [0.25, 0.3) is 0 Å². The zero-order chi connectivity index (χ0) is 4.83. The Bertz CT molecular complexity index is 55.1. The molecule has 0 N–H and O–H groups in total. The maximum Gasteiger partial charge on any atom is 0.286 e. The monoisotopic (exact) mass is 85.1 g/mol. The summed E-state index contributed by atoms with van der Waals surface area (Å²) in [5.41, 5.74) is 0. The van der Waals surface area contributed by atoms with Gasteiger partial charge in [-0.25, -0.2) is 0 Å². The summed E-state index contributed by atoms with van der Waals surface area (Å²) in [5, 5.41) is 7.73. The van der Waals surface area contributed by atoms with Gasteiger partial charge in [0.25, 0.3) is 6.26 Å². The number of hydrogen-bond acceptors (Lipinski definition) is 2. The van der Waals surface area contributed by atoms with Crippen LogP contribution in [0.4, 0.5) is 0 Å². The van der Waals surface area contributed by atoms with Gasteiger partial charge >= 0.3 is 0 Å². The van der Waals surface area contributed by atoms with Crippen molar-refractivity contribution in [2.75, 3.05) is 6.61 Å². The fourth-order valence-electron chi connectivity index (χ4n) is 0.148. The van der Waals surface area contributed by atoms with Crippen LogP contribution < -0.4 is 0 Å². The van der Waals surface area contributed by atoms with Crippen molar-refractivity contribution in [1.29, 1.82) is 5.26 Å². The maximum absolute atomic E-state index is 7.73. The van der Waals surface area contributed by atoms with Gasteiger partial charge in [-0.1, -0.05) is 6.92 Å². The van der Waals surface area contributed by atoms with Crippen molar-refractivity contribution in [2.24, 2.45) is 0 Å². The van der Waals surface area contributed by atoms with Crippen LogP contribution in [0.15, 0.2) is 0 Å². The molecule has 0 bridgehead atoms. The Balaban J connectivity index is 2.54. The molecule has 0 saturated heterocycles. The van der Waals surface area contributed by atoms with E-state index in [1.165, 1.54) is 0 Å². The molecule has 0 fully saturated rings. The Kier molecular flexibility index (Phi) is 3.78. The molecule has 0 amide bonds. The van der Waals surface area contributed by atoms with Gasteiger partial charge in [0.1, 0.15) is 6.61 Å². The van der Waals surface area contributed by atoms with E-state index >= 15 is 0 Å². The van der Waals surface area contributed by atoms with E-state index in [1.807, 2.05) is 6.92 Å². The first-order valence-corrected chi connectivity index (χ1v) is 1.92. The van der Waals surface area contributed by atoms with Crippen LogP contribution in [-0.4, -0.2) is 6.61 Å². The maximum atomic E-state index is 7.73. The van der Waals surface area contributed by atoms with Crippen molar-refractivity contribution in [2.45, 2.75) is 13.3 Å². The summed E-state index contributed by atoms with van der Waals surface area (Å²) in [6, 6.07) is 0. The second-order valence-electron chi connectivity index (χ2n) is 0.940. The lowest BCUT2D eigenvalue weighted by atomic mass is 10.5. The second kappa shape index (κ2) is 4.29. The Morgan fingerprint density at radius 2 is 2.50 bits per heavy atom. The van der Waals surface area contributed by atoms with Crippen molar-refractivity contribution >= 4 is 0 Å². The van der Waals surface area contributed by atoms with E-state index in [0.29, 0.717) is 6.61 Å². The zero-order valence-electron chi connectivity index (χ0n) is 3.77. The lowest BCUT2D eigenvalue weighted by molar-refractivity contribution is 0.270. The quantitative estimate of drug-likeness (QED) is 0.368. The van der Waals surface area contributed by atoms with Crippen molar-refractivity contribution in [1.82, 2.24) is 0 Å². The zero-order valence-corrected chi connectivity index (χ0v) is 3.77. The summed E-state index contributed by atoms with van der Waals surface area (Å²) in [7, 11) is 0. The smallest absolute Gasteiger partial charge is 0.286 e. The molecule has 0 spiro atoms. The van der Waals surface area contributed by atoms with Crippen molar-refractivity contribution < 1.29 is 4.74 Å². The molecule has 0 unspecified atom stereocenters. The van der Waals surface area contributed by atoms with E-state index < -0.39 is 0 Å². The molecule has 0 atom stereocenters. The normalized spacial score (nSPS) is 6.67. The number of hydrogen-bond donors (Lipinski definition) is 0. The van der Waals surface area contributed by atoms with Crippen LogP contribution in [0.2, 0.25) is 0 Å². The molecule has 0 aliphatic carbocycles. The van der Waals surface area contributed by atoms with Gasteiger partial charge in [-0.3, -0.25) is 0 Å². The van der Waals surface area contributed by atoms with Gasteiger partial charge < -0.3 is 4.74 Å². The van der Waals surface area contributed by atoms with Gasteiger partial charge in [0.2, 0.25) is 0 Å². The third-order valence-corrected chi connectivity index (χ3v) is 0.371. The van der Waals surface area contributed by atoms with E-state index in [-0.39, 0.29) is 0 Å². The number of nitriles is 1. The molecule has 0 aromatic heterocycles. The molecule has 34 valence electrons.